The quantitative estimate of drug-likeness (QED) is 0.847. The third-order valence-corrected chi connectivity index (χ3v) is 3.90. The van der Waals surface area contributed by atoms with E-state index in [-0.39, 0.29) is 0 Å². The Hall–Kier alpha value is -0.450. The molecule has 1 aromatic heterocycles. The van der Waals surface area contributed by atoms with Crippen LogP contribution in [0, 0.1) is 5.92 Å². The van der Waals surface area contributed by atoms with Crippen molar-refractivity contribution < 1.29 is 4.74 Å². The Labute approximate surface area is 108 Å². The molecule has 0 saturated carbocycles. The van der Waals surface area contributed by atoms with Crippen molar-refractivity contribution in [1.82, 2.24) is 10.3 Å². The molecular formula is C13H22N2OS. The minimum atomic E-state index is 0.414. The van der Waals surface area contributed by atoms with Gasteiger partial charge < -0.3 is 10.1 Å². The van der Waals surface area contributed by atoms with Gasteiger partial charge in [-0.05, 0) is 25.3 Å². The van der Waals surface area contributed by atoms with Crippen molar-refractivity contribution >= 4 is 11.3 Å². The topological polar surface area (TPSA) is 34.2 Å². The predicted octanol–water partition coefficient (Wildman–Crippen LogP) is 2.61. The Bertz CT molecular complexity index is 332. The summed E-state index contributed by atoms with van der Waals surface area (Å²) in [7, 11) is 0. The van der Waals surface area contributed by atoms with Gasteiger partial charge >= 0.3 is 0 Å². The Kier molecular flexibility index (Phi) is 4.95. The lowest BCUT2D eigenvalue weighted by Crippen LogP contribution is -2.18. The molecule has 0 bridgehead atoms. The highest BCUT2D eigenvalue weighted by atomic mass is 32.1. The van der Waals surface area contributed by atoms with Gasteiger partial charge in [0.05, 0.1) is 11.1 Å². The van der Waals surface area contributed by atoms with Gasteiger partial charge in [-0.15, -0.1) is 11.3 Å². The van der Waals surface area contributed by atoms with Gasteiger partial charge in [-0.25, -0.2) is 4.98 Å². The van der Waals surface area contributed by atoms with Gasteiger partial charge in [0, 0.05) is 30.6 Å². The number of hydrogen-bond acceptors (Lipinski definition) is 4. The van der Waals surface area contributed by atoms with Crippen molar-refractivity contribution in [2.75, 3.05) is 13.2 Å². The Morgan fingerprint density at radius 2 is 2.47 bits per heavy atom. The minimum absolute atomic E-state index is 0.414. The van der Waals surface area contributed by atoms with Gasteiger partial charge in [0.2, 0.25) is 0 Å². The van der Waals surface area contributed by atoms with Crippen LogP contribution in [-0.2, 0) is 17.7 Å². The summed E-state index contributed by atoms with van der Waals surface area (Å²) in [5.41, 5.74) is 0. The van der Waals surface area contributed by atoms with Crippen LogP contribution in [0.4, 0.5) is 0 Å². The van der Waals surface area contributed by atoms with E-state index in [1.807, 2.05) is 17.5 Å². The minimum Gasteiger partial charge on any atom is -0.378 e. The molecule has 3 nitrogen and oxygen atoms in total. The number of nitrogens with zero attached hydrogens (tertiary/aromatic N) is 1. The summed E-state index contributed by atoms with van der Waals surface area (Å²) >= 11 is 1.82. The summed E-state index contributed by atoms with van der Waals surface area (Å²) in [6.45, 7) is 7.39. The van der Waals surface area contributed by atoms with Crippen molar-refractivity contribution in [1.29, 1.82) is 0 Å². The van der Waals surface area contributed by atoms with Crippen molar-refractivity contribution in [2.24, 2.45) is 5.92 Å². The average molecular weight is 254 g/mol. The highest BCUT2D eigenvalue weighted by Crippen LogP contribution is 2.20. The Morgan fingerprint density at radius 1 is 1.59 bits per heavy atom. The van der Waals surface area contributed by atoms with Crippen molar-refractivity contribution in [3.8, 4) is 0 Å². The summed E-state index contributed by atoms with van der Waals surface area (Å²) < 4.78 is 5.63. The van der Waals surface area contributed by atoms with Crippen LogP contribution < -0.4 is 5.32 Å². The average Bonchev–Trinajstić information content (AvgIpc) is 2.90. The predicted molar refractivity (Wildman–Crippen MR) is 71.3 cm³/mol. The van der Waals surface area contributed by atoms with Gasteiger partial charge in [0.15, 0.2) is 0 Å². The number of aromatic nitrogens is 1. The summed E-state index contributed by atoms with van der Waals surface area (Å²) in [5, 5.41) is 4.67. The van der Waals surface area contributed by atoms with E-state index in [0.29, 0.717) is 12.0 Å². The number of hydrogen-bond donors (Lipinski definition) is 1. The SMILES string of the molecule is CC(C)CNCc1cnc(CC2CCCO2)s1. The molecule has 1 atom stereocenters. The van der Waals surface area contributed by atoms with Crippen LogP contribution >= 0.6 is 11.3 Å². The van der Waals surface area contributed by atoms with Crippen LogP contribution in [0.1, 0.15) is 36.6 Å². The maximum Gasteiger partial charge on any atom is 0.0954 e. The molecule has 0 aliphatic carbocycles. The normalized spacial score (nSPS) is 20.3. The first-order valence-corrected chi connectivity index (χ1v) is 7.31. The largest absolute Gasteiger partial charge is 0.378 e. The van der Waals surface area contributed by atoms with Crippen LogP contribution in [0.25, 0.3) is 0 Å². The molecule has 1 fully saturated rings. The second kappa shape index (κ2) is 6.47. The first-order valence-electron chi connectivity index (χ1n) is 6.50. The monoisotopic (exact) mass is 254 g/mol. The first kappa shape index (κ1) is 13.0. The van der Waals surface area contributed by atoms with Gasteiger partial charge in [-0.1, -0.05) is 13.8 Å². The maximum atomic E-state index is 5.63. The lowest BCUT2D eigenvalue weighted by molar-refractivity contribution is 0.111. The lowest BCUT2D eigenvalue weighted by atomic mass is 10.2. The Morgan fingerprint density at radius 3 is 3.18 bits per heavy atom. The second-order valence-corrected chi connectivity index (χ2v) is 6.28. The molecule has 4 heteroatoms. The lowest BCUT2D eigenvalue weighted by Gasteiger charge is -2.06. The van der Waals surface area contributed by atoms with E-state index in [4.69, 9.17) is 4.74 Å². The highest BCUT2D eigenvalue weighted by molar-refractivity contribution is 7.11. The van der Waals surface area contributed by atoms with Crippen LogP contribution in [0.5, 0.6) is 0 Å². The van der Waals surface area contributed by atoms with Gasteiger partial charge in [-0.3, -0.25) is 0 Å². The van der Waals surface area contributed by atoms with Crippen molar-refractivity contribution in [2.45, 2.75) is 45.8 Å². The van der Waals surface area contributed by atoms with Crippen LogP contribution in [0.2, 0.25) is 0 Å². The molecule has 2 rings (SSSR count). The van der Waals surface area contributed by atoms with E-state index in [2.05, 4.69) is 24.1 Å². The molecule has 1 unspecified atom stereocenters. The zero-order valence-corrected chi connectivity index (χ0v) is 11.6. The number of rotatable bonds is 6. The van der Waals surface area contributed by atoms with E-state index in [0.717, 1.165) is 26.1 Å². The molecule has 17 heavy (non-hydrogen) atoms. The molecule has 0 amide bonds. The van der Waals surface area contributed by atoms with Gasteiger partial charge in [0.25, 0.3) is 0 Å². The molecule has 96 valence electrons. The highest BCUT2D eigenvalue weighted by Gasteiger charge is 2.17. The molecule has 1 N–H and O–H groups in total. The Balaban J connectivity index is 1.75. The summed E-state index contributed by atoms with van der Waals surface area (Å²) in [4.78, 5) is 5.81. The molecular weight excluding hydrogens is 232 g/mol. The molecule has 2 heterocycles. The van der Waals surface area contributed by atoms with E-state index >= 15 is 0 Å². The molecule has 0 radical (unpaired) electrons. The standard InChI is InChI=1S/C13H22N2OS/c1-10(2)7-14-8-12-9-15-13(17-12)6-11-4-3-5-16-11/h9-11,14H,3-8H2,1-2H3. The number of thiazole rings is 1. The number of ether oxygens (including phenoxy) is 1. The third kappa shape index (κ3) is 4.37. The zero-order chi connectivity index (χ0) is 12.1. The van der Waals surface area contributed by atoms with Gasteiger partial charge in [0.1, 0.15) is 0 Å². The number of nitrogens with one attached hydrogen (secondary N) is 1. The summed E-state index contributed by atoms with van der Waals surface area (Å²) in [6.07, 6.45) is 5.81. The van der Waals surface area contributed by atoms with Crippen molar-refractivity contribution in [3.05, 3.63) is 16.1 Å². The molecule has 1 aromatic rings. The smallest absolute Gasteiger partial charge is 0.0954 e. The molecule has 1 aliphatic heterocycles. The fourth-order valence-electron chi connectivity index (χ4n) is 2.01. The molecule has 0 spiro atoms. The summed E-state index contributed by atoms with van der Waals surface area (Å²) in [5.74, 6) is 0.703. The van der Waals surface area contributed by atoms with E-state index in [1.54, 1.807) is 0 Å². The third-order valence-electron chi connectivity index (χ3n) is 2.88. The first-order chi connectivity index (χ1) is 8.24. The fraction of sp³-hybridized carbons (Fsp3) is 0.769. The fourth-order valence-corrected chi connectivity index (χ4v) is 2.97. The van der Waals surface area contributed by atoms with E-state index in [1.165, 1.54) is 22.7 Å². The zero-order valence-electron chi connectivity index (χ0n) is 10.7. The molecule has 1 saturated heterocycles. The maximum absolute atomic E-state index is 5.63. The van der Waals surface area contributed by atoms with Crippen LogP contribution in [-0.4, -0.2) is 24.2 Å². The summed E-state index contributed by atoms with van der Waals surface area (Å²) in [6, 6.07) is 0. The van der Waals surface area contributed by atoms with Crippen LogP contribution in [0.3, 0.4) is 0 Å². The van der Waals surface area contributed by atoms with E-state index in [9.17, 15) is 0 Å². The molecule has 0 aromatic carbocycles. The van der Waals surface area contributed by atoms with Gasteiger partial charge in [-0.2, -0.15) is 0 Å². The van der Waals surface area contributed by atoms with Crippen molar-refractivity contribution in [3.63, 3.8) is 0 Å². The second-order valence-electron chi connectivity index (χ2n) is 5.08. The van der Waals surface area contributed by atoms with E-state index < -0.39 is 0 Å². The van der Waals surface area contributed by atoms with Crippen LogP contribution in [0.15, 0.2) is 6.20 Å². The molecule has 1 aliphatic rings.